The fourth-order valence-corrected chi connectivity index (χ4v) is 0.785. The third kappa shape index (κ3) is 6.54. The third-order valence-electron chi connectivity index (χ3n) is 1.57. The molecule has 0 aliphatic carbocycles. The van der Waals surface area contributed by atoms with E-state index in [0.29, 0.717) is 0 Å². The molecule has 0 fully saturated rings. The SMILES string of the molecule is COC(CNCCN(C)C)OC. The Morgan fingerprint density at radius 2 is 1.83 bits per heavy atom. The summed E-state index contributed by atoms with van der Waals surface area (Å²) in [5.41, 5.74) is 0. The van der Waals surface area contributed by atoms with Crippen molar-refractivity contribution in [2.75, 3.05) is 47.9 Å². The van der Waals surface area contributed by atoms with E-state index >= 15 is 0 Å². The van der Waals surface area contributed by atoms with Gasteiger partial charge in [0.05, 0.1) is 0 Å². The van der Waals surface area contributed by atoms with Gasteiger partial charge in [0, 0.05) is 33.9 Å². The summed E-state index contributed by atoms with van der Waals surface area (Å²) in [5.74, 6) is 0. The van der Waals surface area contributed by atoms with E-state index in [2.05, 4.69) is 10.2 Å². The summed E-state index contributed by atoms with van der Waals surface area (Å²) in [4.78, 5) is 2.13. The molecule has 0 aliphatic rings. The van der Waals surface area contributed by atoms with Crippen LogP contribution < -0.4 is 5.32 Å². The van der Waals surface area contributed by atoms with Gasteiger partial charge in [-0.2, -0.15) is 0 Å². The molecule has 4 nitrogen and oxygen atoms in total. The van der Waals surface area contributed by atoms with Crippen LogP contribution in [0.4, 0.5) is 0 Å². The van der Waals surface area contributed by atoms with E-state index in [-0.39, 0.29) is 6.29 Å². The molecule has 0 unspecified atom stereocenters. The van der Waals surface area contributed by atoms with Crippen molar-refractivity contribution < 1.29 is 9.47 Å². The van der Waals surface area contributed by atoms with Crippen molar-refractivity contribution in [3.8, 4) is 0 Å². The minimum absolute atomic E-state index is 0.132. The second-order valence-electron chi connectivity index (χ2n) is 2.91. The predicted octanol–water partition coefficient (Wildman–Crippen LogP) is -0.243. The first-order chi connectivity index (χ1) is 5.70. The third-order valence-corrected chi connectivity index (χ3v) is 1.57. The first kappa shape index (κ1) is 11.8. The molecule has 0 saturated carbocycles. The summed E-state index contributed by atoms with van der Waals surface area (Å²) < 4.78 is 10.0. The normalized spacial score (nSPS) is 11.5. The summed E-state index contributed by atoms with van der Waals surface area (Å²) in [6, 6.07) is 0. The van der Waals surface area contributed by atoms with Crippen LogP contribution in [0.15, 0.2) is 0 Å². The Morgan fingerprint density at radius 1 is 1.25 bits per heavy atom. The lowest BCUT2D eigenvalue weighted by atomic mass is 10.5. The molecule has 0 atom stereocenters. The van der Waals surface area contributed by atoms with Gasteiger partial charge in [0.25, 0.3) is 0 Å². The molecule has 0 radical (unpaired) electrons. The van der Waals surface area contributed by atoms with Crippen LogP contribution in [0.3, 0.4) is 0 Å². The maximum Gasteiger partial charge on any atom is 0.169 e. The maximum absolute atomic E-state index is 5.01. The number of hydrogen-bond acceptors (Lipinski definition) is 4. The van der Waals surface area contributed by atoms with E-state index in [1.807, 2.05) is 14.1 Å². The van der Waals surface area contributed by atoms with Gasteiger partial charge in [-0.05, 0) is 14.1 Å². The Hall–Kier alpha value is -0.160. The lowest BCUT2D eigenvalue weighted by Crippen LogP contribution is -2.34. The molecule has 0 heterocycles. The Kier molecular flexibility index (Phi) is 7.39. The van der Waals surface area contributed by atoms with Crippen molar-refractivity contribution in [3.63, 3.8) is 0 Å². The van der Waals surface area contributed by atoms with Gasteiger partial charge < -0.3 is 19.7 Å². The molecule has 0 rings (SSSR count). The fourth-order valence-electron chi connectivity index (χ4n) is 0.785. The zero-order chi connectivity index (χ0) is 9.40. The zero-order valence-electron chi connectivity index (χ0n) is 8.46. The smallest absolute Gasteiger partial charge is 0.169 e. The number of hydrogen-bond donors (Lipinski definition) is 1. The van der Waals surface area contributed by atoms with Crippen molar-refractivity contribution in [1.82, 2.24) is 10.2 Å². The maximum atomic E-state index is 5.01. The minimum atomic E-state index is -0.132. The topological polar surface area (TPSA) is 33.7 Å². The quantitative estimate of drug-likeness (QED) is 0.429. The van der Waals surface area contributed by atoms with Crippen LogP contribution >= 0.6 is 0 Å². The molecule has 0 aliphatic heterocycles. The van der Waals surface area contributed by atoms with E-state index in [9.17, 15) is 0 Å². The van der Waals surface area contributed by atoms with Crippen LogP contribution in [-0.4, -0.2) is 59.1 Å². The average molecular weight is 176 g/mol. The largest absolute Gasteiger partial charge is 0.355 e. The fraction of sp³-hybridized carbons (Fsp3) is 1.00. The van der Waals surface area contributed by atoms with Crippen LogP contribution in [0.5, 0.6) is 0 Å². The Balaban J connectivity index is 3.17. The van der Waals surface area contributed by atoms with E-state index in [1.54, 1.807) is 14.2 Å². The molecular weight excluding hydrogens is 156 g/mol. The summed E-state index contributed by atoms with van der Waals surface area (Å²) in [6.45, 7) is 2.72. The van der Waals surface area contributed by atoms with E-state index in [4.69, 9.17) is 9.47 Å². The molecule has 0 aromatic carbocycles. The number of ether oxygens (including phenoxy) is 2. The van der Waals surface area contributed by atoms with Crippen LogP contribution in [0.2, 0.25) is 0 Å². The highest BCUT2D eigenvalue weighted by atomic mass is 16.7. The number of likely N-dealkylation sites (N-methyl/N-ethyl adjacent to an activating group) is 1. The molecule has 12 heavy (non-hydrogen) atoms. The van der Waals surface area contributed by atoms with Crippen molar-refractivity contribution in [3.05, 3.63) is 0 Å². The number of methoxy groups -OCH3 is 2. The van der Waals surface area contributed by atoms with Crippen molar-refractivity contribution in [1.29, 1.82) is 0 Å². The molecule has 0 spiro atoms. The molecule has 0 aromatic heterocycles. The Labute approximate surface area is 74.8 Å². The zero-order valence-corrected chi connectivity index (χ0v) is 8.46. The lowest BCUT2D eigenvalue weighted by Gasteiger charge is -2.15. The van der Waals surface area contributed by atoms with Gasteiger partial charge in [-0.1, -0.05) is 0 Å². The first-order valence-electron chi connectivity index (χ1n) is 4.11. The van der Waals surface area contributed by atoms with Gasteiger partial charge >= 0.3 is 0 Å². The van der Waals surface area contributed by atoms with Crippen LogP contribution in [0.1, 0.15) is 0 Å². The number of nitrogens with zero attached hydrogens (tertiary/aromatic N) is 1. The summed E-state index contributed by atoms with van der Waals surface area (Å²) >= 11 is 0. The highest BCUT2D eigenvalue weighted by Crippen LogP contribution is 1.86. The van der Waals surface area contributed by atoms with Crippen LogP contribution in [-0.2, 0) is 9.47 Å². The second kappa shape index (κ2) is 7.49. The molecule has 0 aromatic rings. The Morgan fingerprint density at radius 3 is 2.25 bits per heavy atom. The Bertz CT molecular complexity index is 95.1. The first-order valence-corrected chi connectivity index (χ1v) is 4.11. The standard InChI is InChI=1S/C8H20N2O2/c1-10(2)6-5-9-7-8(11-3)12-4/h8-9H,5-7H2,1-4H3. The summed E-state index contributed by atoms with van der Waals surface area (Å²) in [6.07, 6.45) is -0.132. The van der Waals surface area contributed by atoms with Gasteiger partial charge in [0.15, 0.2) is 6.29 Å². The highest BCUT2D eigenvalue weighted by Gasteiger charge is 2.02. The van der Waals surface area contributed by atoms with Gasteiger partial charge in [0.1, 0.15) is 0 Å². The van der Waals surface area contributed by atoms with Crippen molar-refractivity contribution in [2.45, 2.75) is 6.29 Å². The van der Waals surface area contributed by atoms with Crippen molar-refractivity contribution >= 4 is 0 Å². The highest BCUT2D eigenvalue weighted by molar-refractivity contribution is 4.52. The molecule has 0 amide bonds. The molecule has 0 bridgehead atoms. The van der Waals surface area contributed by atoms with Gasteiger partial charge in [-0.25, -0.2) is 0 Å². The van der Waals surface area contributed by atoms with E-state index < -0.39 is 0 Å². The van der Waals surface area contributed by atoms with E-state index in [0.717, 1.165) is 19.6 Å². The van der Waals surface area contributed by atoms with Crippen molar-refractivity contribution in [2.24, 2.45) is 0 Å². The van der Waals surface area contributed by atoms with Gasteiger partial charge in [-0.15, -0.1) is 0 Å². The van der Waals surface area contributed by atoms with E-state index in [1.165, 1.54) is 0 Å². The van der Waals surface area contributed by atoms with Gasteiger partial charge in [-0.3, -0.25) is 0 Å². The second-order valence-corrected chi connectivity index (χ2v) is 2.91. The molecule has 1 N–H and O–H groups in total. The predicted molar refractivity (Wildman–Crippen MR) is 49.2 cm³/mol. The molecular formula is C8H20N2O2. The molecule has 74 valence electrons. The minimum Gasteiger partial charge on any atom is -0.355 e. The summed E-state index contributed by atoms with van der Waals surface area (Å²) in [7, 11) is 7.38. The molecule has 4 heteroatoms. The average Bonchev–Trinajstić information content (AvgIpc) is 2.04. The monoisotopic (exact) mass is 176 g/mol. The number of nitrogens with one attached hydrogen (secondary N) is 1. The number of rotatable bonds is 7. The summed E-state index contributed by atoms with van der Waals surface area (Å²) in [5, 5.41) is 3.23. The lowest BCUT2D eigenvalue weighted by molar-refractivity contribution is -0.0987. The molecule has 0 saturated heterocycles. The van der Waals surface area contributed by atoms with Gasteiger partial charge in [0.2, 0.25) is 0 Å². The van der Waals surface area contributed by atoms with Crippen LogP contribution in [0.25, 0.3) is 0 Å². The van der Waals surface area contributed by atoms with Crippen LogP contribution in [0, 0.1) is 0 Å².